The smallest absolute Gasteiger partial charge is 0.337 e. The third kappa shape index (κ3) is 3.30. The molecule has 0 bridgehead atoms. The Morgan fingerprint density at radius 3 is 2.71 bits per heavy atom. The Kier molecular flexibility index (Phi) is 4.42. The van der Waals surface area contributed by atoms with Crippen LogP contribution >= 0.6 is 0 Å². The number of carboxylic acid groups (broad SMARTS) is 1. The standard InChI is InChI=1S/C14H18FN3O3/c1-17(2)9-6-7-18(8-9)14(21)16-12-10(13(19)20)4-3-5-11(12)15/h3-5,9H,6-8H2,1-2H3,(H,16,21)(H,19,20). The van der Waals surface area contributed by atoms with Crippen LogP contribution in [0.15, 0.2) is 18.2 Å². The van der Waals surface area contributed by atoms with Crippen LogP contribution in [0.5, 0.6) is 0 Å². The van der Waals surface area contributed by atoms with Crippen LogP contribution in [-0.2, 0) is 0 Å². The molecule has 2 amide bonds. The number of halogens is 1. The zero-order valence-corrected chi connectivity index (χ0v) is 12.0. The second kappa shape index (κ2) is 6.09. The lowest BCUT2D eigenvalue weighted by Crippen LogP contribution is -2.37. The highest BCUT2D eigenvalue weighted by Gasteiger charge is 2.28. The lowest BCUT2D eigenvalue weighted by Gasteiger charge is -2.21. The minimum atomic E-state index is -1.28. The molecule has 1 unspecified atom stereocenters. The molecular formula is C14H18FN3O3. The van der Waals surface area contributed by atoms with Crippen molar-refractivity contribution in [1.82, 2.24) is 9.80 Å². The predicted octanol–water partition coefficient (Wildman–Crippen LogP) is 1.69. The number of benzene rings is 1. The number of aromatic carboxylic acids is 1. The van der Waals surface area contributed by atoms with E-state index in [1.54, 1.807) is 4.90 Å². The maximum atomic E-state index is 13.8. The molecule has 1 aliphatic rings. The molecule has 0 radical (unpaired) electrons. The van der Waals surface area contributed by atoms with Crippen molar-refractivity contribution >= 4 is 17.7 Å². The van der Waals surface area contributed by atoms with Crippen LogP contribution in [-0.4, -0.2) is 60.1 Å². The molecule has 21 heavy (non-hydrogen) atoms. The number of carbonyl (C=O) groups excluding carboxylic acids is 1. The van der Waals surface area contributed by atoms with Gasteiger partial charge >= 0.3 is 12.0 Å². The number of nitrogens with zero attached hydrogens (tertiary/aromatic N) is 2. The van der Waals surface area contributed by atoms with Gasteiger partial charge in [-0.1, -0.05) is 6.07 Å². The number of hydrogen-bond donors (Lipinski definition) is 2. The fraction of sp³-hybridized carbons (Fsp3) is 0.429. The van der Waals surface area contributed by atoms with E-state index in [0.717, 1.165) is 12.5 Å². The van der Waals surface area contributed by atoms with Crippen LogP contribution in [0, 0.1) is 5.82 Å². The van der Waals surface area contributed by atoms with Gasteiger partial charge in [0.25, 0.3) is 0 Å². The average Bonchev–Trinajstić information content (AvgIpc) is 2.90. The molecule has 2 rings (SSSR count). The average molecular weight is 295 g/mol. The van der Waals surface area contributed by atoms with Gasteiger partial charge in [-0.3, -0.25) is 0 Å². The van der Waals surface area contributed by atoms with Crippen LogP contribution in [0.1, 0.15) is 16.8 Å². The van der Waals surface area contributed by atoms with Crippen molar-refractivity contribution < 1.29 is 19.1 Å². The van der Waals surface area contributed by atoms with Gasteiger partial charge in [0.2, 0.25) is 0 Å². The summed E-state index contributed by atoms with van der Waals surface area (Å²) in [6.45, 7) is 1.10. The van der Waals surface area contributed by atoms with Crippen molar-refractivity contribution in [2.24, 2.45) is 0 Å². The number of likely N-dealkylation sites (N-methyl/N-ethyl adjacent to an activating group) is 1. The van der Waals surface area contributed by atoms with Crippen LogP contribution in [0.2, 0.25) is 0 Å². The van der Waals surface area contributed by atoms with Gasteiger partial charge in [0.05, 0.1) is 11.3 Å². The van der Waals surface area contributed by atoms with Crippen molar-refractivity contribution in [2.45, 2.75) is 12.5 Å². The zero-order valence-electron chi connectivity index (χ0n) is 12.0. The number of hydrogen-bond acceptors (Lipinski definition) is 3. The summed E-state index contributed by atoms with van der Waals surface area (Å²) >= 11 is 0. The third-order valence-corrected chi connectivity index (χ3v) is 3.66. The molecule has 6 nitrogen and oxygen atoms in total. The van der Waals surface area contributed by atoms with E-state index >= 15 is 0 Å². The molecule has 0 saturated carbocycles. The monoisotopic (exact) mass is 295 g/mol. The normalized spacial score (nSPS) is 18.1. The zero-order chi connectivity index (χ0) is 15.6. The van der Waals surface area contributed by atoms with E-state index in [9.17, 15) is 14.0 Å². The van der Waals surface area contributed by atoms with E-state index in [2.05, 4.69) is 5.32 Å². The first-order valence-electron chi connectivity index (χ1n) is 6.64. The highest BCUT2D eigenvalue weighted by atomic mass is 19.1. The van der Waals surface area contributed by atoms with Gasteiger partial charge in [-0.25, -0.2) is 14.0 Å². The lowest BCUT2D eigenvalue weighted by atomic mass is 10.1. The van der Waals surface area contributed by atoms with E-state index in [0.29, 0.717) is 13.1 Å². The molecule has 0 spiro atoms. The summed E-state index contributed by atoms with van der Waals surface area (Å²) in [6, 6.07) is 3.46. The van der Waals surface area contributed by atoms with E-state index in [4.69, 9.17) is 5.11 Å². The third-order valence-electron chi connectivity index (χ3n) is 3.66. The molecule has 1 aromatic rings. The van der Waals surface area contributed by atoms with Crippen molar-refractivity contribution in [2.75, 3.05) is 32.5 Å². The number of nitrogens with one attached hydrogen (secondary N) is 1. The van der Waals surface area contributed by atoms with Crippen molar-refractivity contribution in [3.63, 3.8) is 0 Å². The number of carboxylic acids is 1. The quantitative estimate of drug-likeness (QED) is 0.890. The first kappa shape index (κ1) is 15.2. The number of carbonyl (C=O) groups is 2. The molecule has 1 atom stereocenters. The highest BCUT2D eigenvalue weighted by molar-refractivity contribution is 6.00. The Balaban J connectivity index is 2.12. The Hall–Kier alpha value is -2.15. The largest absolute Gasteiger partial charge is 0.478 e. The molecule has 0 aliphatic carbocycles. The number of amides is 2. The van der Waals surface area contributed by atoms with Gasteiger partial charge in [0.1, 0.15) is 5.82 Å². The van der Waals surface area contributed by atoms with E-state index in [-0.39, 0.29) is 17.3 Å². The molecule has 1 fully saturated rings. The summed E-state index contributed by atoms with van der Waals surface area (Å²) in [7, 11) is 3.87. The van der Waals surface area contributed by atoms with Gasteiger partial charge in [-0.05, 0) is 32.6 Å². The molecule has 114 valence electrons. The molecule has 1 aromatic carbocycles. The first-order chi connectivity index (χ1) is 9.90. The summed E-state index contributed by atoms with van der Waals surface area (Å²) in [6.07, 6.45) is 0.837. The Labute approximate surface area is 122 Å². The van der Waals surface area contributed by atoms with Crippen LogP contribution in [0.25, 0.3) is 0 Å². The second-order valence-corrected chi connectivity index (χ2v) is 5.25. The predicted molar refractivity (Wildman–Crippen MR) is 76.0 cm³/mol. The maximum Gasteiger partial charge on any atom is 0.337 e. The molecule has 1 aliphatic heterocycles. The fourth-order valence-electron chi connectivity index (χ4n) is 2.36. The highest BCUT2D eigenvalue weighted by Crippen LogP contribution is 2.21. The van der Waals surface area contributed by atoms with E-state index in [1.807, 2.05) is 19.0 Å². The van der Waals surface area contributed by atoms with Crippen molar-refractivity contribution in [1.29, 1.82) is 0 Å². The van der Waals surface area contributed by atoms with Gasteiger partial charge in [0.15, 0.2) is 0 Å². The SMILES string of the molecule is CN(C)C1CCN(C(=O)Nc2c(F)cccc2C(=O)O)C1. The second-order valence-electron chi connectivity index (χ2n) is 5.25. The molecule has 2 N–H and O–H groups in total. The molecule has 0 aromatic heterocycles. The number of para-hydroxylation sites is 1. The van der Waals surface area contributed by atoms with Gasteiger partial charge in [0, 0.05) is 19.1 Å². The number of likely N-dealkylation sites (tertiary alicyclic amines) is 1. The Morgan fingerprint density at radius 2 is 2.14 bits per heavy atom. The topological polar surface area (TPSA) is 72.9 Å². The van der Waals surface area contributed by atoms with E-state index < -0.39 is 17.8 Å². The minimum absolute atomic E-state index is 0.258. The van der Waals surface area contributed by atoms with Crippen molar-refractivity contribution in [3.05, 3.63) is 29.6 Å². The first-order valence-corrected chi connectivity index (χ1v) is 6.64. The van der Waals surface area contributed by atoms with Crippen molar-refractivity contribution in [3.8, 4) is 0 Å². The minimum Gasteiger partial charge on any atom is -0.478 e. The fourth-order valence-corrected chi connectivity index (χ4v) is 2.36. The van der Waals surface area contributed by atoms with Crippen LogP contribution in [0.3, 0.4) is 0 Å². The summed E-state index contributed by atoms with van der Waals surface area (Å²) < 4.78 is 13.8. The molecule has 7 heteroatoms. The Morgan fingerprint density at radius 1 is 1.43 bits per heavy atom. The Bertz CT molecular complexity index is 562. The van der Waals surface area contributed by atoms with Gasteiger partial charge in [-0.15, -0.1) is 0 Å². The molecule has 1 saturated heterocycles. The lowest BCUT2D eigenvalue weighted by molar-refractivity contribution is 0.0697. The van der Waals surface area contributed by atoms with Crippen LogP contribution < -0.4 is 5.32 Å². The van der Waals surface area contributed by atoms with Gasteiger partial charge in [-0.2, -0.15) is 0 Å². The summed E-state index contributed by atoms with van der Waals surface area (Å²) in [5.74, 6) is -2.04. The molecular weight excluding hydrogens is 277 g/mol. The molecule has 1 heterocycles. The summed E-state index contributed by atoms with van der Waals surface area (Å²) in [4.78, 5) is 26.8. The van der Waals surface area contributed by atoms with Crippen LogP contribution in [0.4, 0.5) is 14.9 Å². The maximum absolute atomic E-state index is 13.8. The van der Waals surface area contributed by atoms with E-state index in [1.165, 1.54) is 12.1 Å². The number of urea groups is 1. The van der Waals surface area contributed by atoms with Gasteiger partial charge < -0.3 is 20.2 Å². The summed E-state index contributed by atoms with van der Waals surface area (Å²) in [5, 5.41) is 11.4. The summed E-state index contributed by atoms with van der Waals surface area (Å²) in [5.41, 5.74) is -0.546. The number of rotatable bonds is 3. The number of anilines is 1.